The van der Waals surface area contributed by atoms with E-state index in [-0.39, 0.29) is 12.1 Å². The average Bonchev–Trinajstić information content (AvgIpc) is 2.28. The summed E-state index contributed by atoms with van der Waals surface area (Å²) in [5.74, 6) is 1.02. The van der Waals surface area contributed by atoms with Gasteiger partial charge >= 0.3 is 5.97 Å². The maximum absolute atomic E-state index is 11.9. The second-order valence-corrected chi connectivity index (χ2v) is 5.41. The quantitative estimate of drug-likeness (QED) is 0.692. The Kier molecular flexibility index (Phi) is 4.40. The van der Waals surface area contributed by atoms with E-state index in [1.54, 1.807) is 0 Å². The van der Waals surface area contributed by atoms with E-state index in [1.807, 2.05) is 0 Å². The summed E-state index contributed by atoms with van der Waals surface area (Å²) in [6, 6.07) is 0. The van der Waals surface area contributed by atoms with Crippen molar-refractivity contribution >= 4 is 5.97 Å². The average molecular weight is 242 g/mol. The first-order chi connectivity index (χ1) is 8.15. The topological polar surface area (TPSA) is 44.8 Å². The van der Waals surface area contributed by atoms with Crippen LogP contribution < -0.4 is 0 Å². The highest BCUT2D eigenvalue weighted by atomic mass is 16.6. The Labute approximate surface area is 103 Å². The summed E-state index contributed by atoms with van der Waals surface area (Å²) in [4.78, 5) is 11.9. The molecule has 0 radical (unpaired) electrons. The van der Waals surface area contributed by atoms with Crippen LogP contribution in [-0.4, -0.2) is 38.0 Å². The second-order valence-electron chi connectivity index (χ2n) is 5.41. The third-order valence-corrected chi connectivity index (χ3v) is 3.50. The van der Waals surface area contributed by atoms with Crippen LogP contribution in [0, 0.1) is 11.8 Å². The van der Waals surface area contributed by atoms with E-state index in [0.29, 0.717) is 31.7 Å². The monoisotopic (exact) mass is 242 g/mol. The van der Waals surface area contributed by atoms with Crippen molar-refractivity contribution in [3.8, 4) is 0 Å². The van der Waals surface area contributed by atoms with Gasteiger partial charge in [-0.1, -0.05) is 13.8 Å². The molecule has 0 amide bonds. The normalized spacial score (nSPS) is 38.7. The lowest BCUT2D eigenvalue weighted by Crippen LogP contribution is -2.39. The highest BCUT2D eigenvalue weighted by Crippen LogP contribution is 2.30. The van der Waals surface area contributed by atoms with E-state index in [1.165, 1.54) is 6.42 Å². The van der Waals surface area contributed by atoms with Crippen LogP contribution in [0.4, 0.5) is 0 Å². The maximum atomic E-state index is 11.9. The summed E-state index contributed by atoms with van der Waals surface area (Å²) < 4.78 is 16.1. The van der Waals surface area contributed by atoms with Gasteiger partial charge in [0.15, 0.2) is 6.10 Å². The molecule has 3 unspecified atom stereocenters. The van der Waals surface area contributed by atoms with Crippen molar-refractivity contribution in [2.24, 2.45) is 11.8 Å². The number of carbonyl (C=O) groups is 1. The smallest absolute Gasteiger partial charge is 0.337 e. The van der Waals surface area contributed by atoms with E-state index >= 15 is 0 Å². The van der Waals surface area contributed by atoms with Gasteiger partial charge in [0.05, 0.1) is 19.8 Å². The molecule has 2 fully saturated rings. The first kappa shape index (κ1) is 12.8. The molecule has 0 spiro atoms. The van der Waals surface area contributed by atoms with Gasteiger partial charge in [0.2, 0.25) is 0 Å². The van der Waals surface area contributed by atoms with Crippen LogP contribution in [0.2, 0.25) is 0 Å². The zero-order valence-corrected chi connectivity index (χ0v) is 10.7. The standard InChI is InChI=1S/C13H22O4/c1-9-5-10(2)7-11(6-9)17-13(14)12-8-15-3-4-16-12/h9-12H,3-8H2,1-2H3. The molecule has 1 aliphatic carbocycles. The van der Waals surface area contributed by atoms with Crippen molar-refractivity contribution in [1.29, 1.82) is 0 Å². The zero-order chi connectivity index (χ0) is 12.3. The molecule has 4 nitrogen and oxygen atoms in total. The van der Waals surface area contributed by atoms with Gasteiger partial charge in [-0.3, -0.25) is 0 Å². The minimum atomic E-state index is -0.517. The molecule has 0 aromatic carbocycles. The number of esters is 1. The fourth-order valence-electron chi connectivity index (χ4n) is 2.83. The van der Waals surface area contributed by atoms with Crippen LogP contribution in [-0.2, 0) is 19.0 Å². The van der Waals surface area contributed by atoms with Crippen LogP contribution in [0.1, 0.15) is 33.1 Å². The highest BCUT2D eigenvalue weighted by Gasteiger charge is 2.30. The molecule has 98 valence electrons. The summed E-state index contributed by atoms with van der Waals surface area (Å²) in [5.41, 5.74) is 0. The lowest BCUT2D eigenvalue weighted by Gasteiger charge is -2.32. The van der Waals surface area contributed by atoms with Crippen molar-refractivity contribution in [2.45, 2.75) is 45.3 Å². The molecular weight excluding hydrogens is 220 g/mol. The molecule has 0 bridgehead atoms. The lowest BCUT2D eigenvalue weighted by molar-refractivity contribution is -0.178. The molecule has 17 heavy (non-hydrogen) atoms. The molecular formula is C13H22O4. The lowest BCUT2D eigenvalue weighted by atomic mass is 9.82. The van der Waals surface area contributed by atoms with Crippen molar-refractivity contribution in [1.82, 2.24) is 0 Å². The Morgan fingerprint density at radius 1 is 1.12 bits per heavy atom. The summed E-state index contributed by atoms with van der Waals surface area (Å²) in [7, 11) is 0. The fourth-order valence-corrected chi connectivity index (χ4v) is 2.83. The van der Waals surface area contributed by atoms with Crippen LogP contribution in [0.25, 0.3) is 0 Å². The van der Waals surface area contributed by atoms with Gasteiger partial charge < -0.3 is 14.2 Å². The number of carbonyl (C=O) groups excluding carboxylic acids is 1. The Bertz CT molecular complexity index is 250. The Morgan fingerprint density at radius 3 is 2.41 bits per heavy atom. The van der Waals surface area contributed by atoms with Gasteiger partial charge in [0, 0.05) is 0 Å². The summed E-state index contributed by atoms with van der Waals surface area (Å²) >= 11 is 0. The van der Waals surface area contributed by atoms with Gasteiger partial charge in [-0.05, 0) is 31.1 Å². The summed E-state index contributed by atoms with van der Waals surface area (Å²) in [6.45, 7) is 5.82. The highest BCUT2D eigenvalue weighted by molar-refractivity contribution is 5.75. The molecule has 4 heteroatoms. The third kappa shape index (κ3) is 3.68. The van der Waals surface area contributed by atoms with Crippen LogP contribution in [0.5, 0.6) is 0 Å². The van der Waals surface area contributed by atoms with Gasteiger partial charge in [0.1, 0.15) is 6.10 Å². The Morgan fingerprint density at radius 2 is 1.82 bits per heavy atom. The molecule has 1 saturated carbocycles. The molecule has 2 aliphatic rings. The van der Waals surface area contributed by atoms with Gasteiger partial charge in [-0.15, -0.1) is 0 Å². The van der Waals surface area contributed by atoms with Gasteiger partial charge in [0.25, 0.3) is 0 Å². The Balaban J connectivity index is 1.80. The molecule has 0 N–H and O–H groups in total. The summed E-state index contributed by atoms with van der Waals surface area (Å²) in [6.07, 6.45) is 2.73. The predicted molar refractivity (Wildman–Crippen MR) is 62.6 cm³/mol. The zero-order valence-electron chi connectivity index (χ0n) is 10.7. The molecule has 1 aliphatic heterocycles. The SMILES string of the molecule is CC1CC(C)CC(OC(=O)C2COCCO2)C1. The first-order valence-corrected chi connectivity index (χ1v) is 6.55. The van der Waals surface area contributed by atoms with Crippen molar-refractivity contribution < 1.29 is 19.0 Å². The van der Waals surface area contributed by atoms with E-state index in [9.17, 15) is 4.79 Å². The number of hydrogen-bond acceptors (Lipinski definition) is 4. The fraction of sp³-hybridized carbons (Fsp3) is 0.923. The number of rotatable bonds is 2. The molecule has 1 heterocycles. The minimum Gasteiger partial charge on any atom is -0.460 e. The maximum Gasteiger partial charge on any atom is 0.337 e. The largest absolute Gasteiger partial charge is 0.460 e. The minimum absolute atomic E-state index is 0.0618. The molecule has 2 rings (SSSR count). The van der Waals surface area contributed by atoms with Crippen LogP contribution in [0.3, 0.4) is 0 Å². The molecule has 1 saturated heterocycles. The molecule has 3 atom stereocenters. The van der Waals surface area contributed by atoms with E-state index in [2.05, 4.69) is 13.8 Å². The van der Waals surface area contributed by atoms with E-state index in [4.69, 9.17) is 14.2 Å². The first-order valence-electron chi connectivity index (χ1n) is 6.55. The number of hydrogen-bond donors (Lipinski definition) is 0. The van der Waals surface area contributed by atoms with Crippen LogP contribution in [0.15, 0.2) is 0 Å². The predicted octanol–water partition coefficient (Wildman–Crippen LogP) is 1.77. The van der Waals surface area contributed by atoms with Crippen molar-refractivity contribution in [3.63, 3.8) is 0 Å². The van der Waals surface area contributed by atoms with E-state index < -0.39 is 6.10 Å². The van der Waals surface area contributed by atoms with Crippen LogP contribution >= 0.6 is 0 Å². The third-order valence-electron chi connectivity index (χ3n) is 3.50. The molecule has 0 aromatic heterocycles. The molecule has 0 aromatic rings. The second kappa shape index (κ2) is 5.83. The van der Waals surface area contributed by atoms with Gasteiger partial charge in [-0.25, -0.2) is 4.79 Å². The Hall–Kier alpha value is -0.610. The van der Waals surface area contributed by atoms with Gasteiger partial charge in [-0.2, -0.15) is 0 Å². The number of ether oxygens (including phenoxy) is 3. The van der Waals surface area contributed by atoms with Crippen molar-refractivity contribution in [3.05, 3.63) is 0 Å². The van der Waals surface area contributed by atoms with Crippen molar-refractivity contribution in [2.75, 3.05) is 19.8 Å². The summed E-state index contributed by atoms with van der Waals surface area (Å²) in [5, 5.41) is 0. The van der Waals surface area contributed by atoms with E-state index in [0.717, 1.165) is 12.8 Å².